The van der Waals surface area contributed by atoms with Crippen LogP contribution in [-0.4, -0.2) is 41.2 Å². The first-order valence-electron chi connectivity index (χ1n) is 11.0. The van der Waals surface area contributed by atoms with Gasteiger partial charge in [0.15, 0.2) is 0 Å². The quantitative estimate of drug-likeness (QED) is 0.579. The lowest BCUT2D eigenvalue weighted by Gasteiger charge is -2.42. The Hall–Kier alpha value is -2.17. The van der Waals surface area contributed by atoms with Gasteiger partial charge in [0.2, 0.25) is 0 Å². The largest absolute Gasteiger partial charge is 0.381 e. The van der Waals surface area contributed by atoms with Gasteiger partial charge in [0.1, 0.15) is 5.82 Å². The molecule has 2 heterocycles. The van der Waals surface area contributed by atoms with Gasteiger partial charge in [-0.3, -0.25) is 4.90 Å². The summed E-state index contributed by atoms with van der Waals surface area (Å²) in [6.07, 6.45) is 4.78. The van der Waals surface area contributed by atoms with Crippen molar-refractivity contribution in [1.82, 2.24) is 14.9 Å². The number of hydrogen-bond donors (Lipinski definition) is 1. The van der Waals surface area contributed by atoms with Gasteiger partial charge < -0.3 is 9.72 Å². The molecule has 4 rings (SSSR count). The summed E-state index contributed by atoms with van der Waals surface area (Å²) in [4.78, 5) is 10.5. The molecule has 29 heavy (non-hydrogen) atoms. The van der Waals surface area contributed by atoms with Gasteiger partial charge in [-0.15, -0.1) is 0 Å². The lowest BCUT2D eigenvalue weighted by atomic mass is 9.74. The molecule has 1 aromatic heterocycles. The van der Waals surface area contributed by atoms with Crippen molar-refractivity contribution in [2.45, 2.75) is 46.1 Å². The van der Waals surface area contributed by atoms with Gasteiger partial charge in [-0.2, -0.15) is 0 Å². The molecular weight excluding hydrogens is 358 g/mol. The number of nitrogens with zero attached hydrogens (tertiary/aromatic N) is 2. The van der Waals surface area contributed by atoms with E-state index in [1.54, 1.807) is 0 Å². The van der Waals surface area contributed by atoms with Crippen LogP contribution >= 0.6 is 0 Å². The van der Waals surface area contributed by atoms with Crippen molar-refractivity contribution in [1.29, 1.82) is 0 Å². The molecule has 1 aliphatic rings. The number of fused-ring (bicyclic) bond motifs is 1. The fourth-order valence-corrected chi connectivity index (χ4v) is 4.57. The standard InChI is InChI=1S/C25H33N3O/c1-3-29-19-25(12-11-21-7-5-4-6-8-21)13-15-28(16-14-25)18-22-9-10-23-24(17-22)27-20(2)26-23/h4-10,17H,3,11-16,18-19H2,1-2H3,(H,26,27). The summed E-state index contributed by atoms with van der Waals surface area (Å²) >= 11 is 0. The van der Waals surface area contributed by atoms with E-state index in [1.165, 1.54) is 30.4 Å². The number of hydrogen-bond acceptors (Lipinski definition) is 3. The molecular formula is C25H33N3O. The minimum absolute atomic E-state index is 0.312. The molecule has 0 radical (unpaired) electrons. The predicted octanol–water partition coefficient (Wildman–Crippen LogP) is 5.12. The number of aryl methyl sites for hydroxylation is 2. The number of aromatic amines is 1. The number of piperidine rings is 1. The Balaban J connectivity index is 1.37. The van der Waals surface area contributed by atoms with Crippen LogP contribution in [0.3, 0.4) is 0 Å². The van der Waals surface area contributed by atoms with Crippen LogP contribution in [0.4, 0.5) is 0 Å². The van der Waals surface area contributed by atoms with E-state index in [4.69, 9.17) is 4.74 Å². The maximum Gasteiger partial charge on any atom is 0.104 e. The van der Waals surface area contributed by atoms with Crippen molar-refractivity contribution >= 4 is 11.0 Å². The van der Waals surface area contributed by atoms with Crippen LogP contribution in [0.2, 0.25) is 0 Å². The minimum Gasteiger partial charge on any atom is -0.381 e. The van der Waals surface area contributed by atoms with Gasteiger partial charge >= 0.3 is 0 Å². The molecule has 2 aromatic carbocycles. The SMILES string of the molecule is CCOCC1(CCc2ccccc2)CCN(Cc2ccc3nc(C)[nH]c3c2)CC1. The second kappa shape index (κ2) is 9.10. The predicted molar refractivity (Wildman–Crippen MR) is 119 cm³/mol. The summed E-state index contributed by atoms with van der Waals surface area (Å²) < 4.78 is 5.94. The highest BCUT2D eigenvalue weighted by Gasteiger charge is 2.34. The van der Waals surface area contributed by atoms with Crippen LogP contribution in [-0.2, 0) is 17.7 Å². The van der Waals surface area contributed by atoms with Crippen LogP contribution in [0.15, 0.2) is 48.5 Å². The zero-order valence-electron chi connectivity index (χ0n) is 17.8. The zero-order chi connectivity index (χ0) is 20.1. The van der Waals surface area contributed by atoms with E-state index in [2.05, 4.69) is 70.3 Å². The molecule has 4 nitrogen and oxygen atoms in total. The fourth-order valence-electron chi connectivity index (χ4n) is 4.57. The summed E-state index contributed by atoms with van der Waals surface area (Å²) in [6.45, 7) is 9.11. The number of H-pyrrole nitrogens is 1. The van der Waals surface area contributed by atoms with E-state index in [-0.39, 0.29) is 0 Å². The highest BCUT2D eigenvalue weighted by molar-refractivity contribution is 5.75. The average Bonchev–Trinajstić information content (AvgIpc) is 3.12. The molecule has 154 valence electrons. The smallest absolute Gasteiger partial charge is 0.104 e. The molecule has 3 aromatic rings. The van der Waals surface area contributed by atoms with Gasteiger partial charge in [-0.1, -0.05) is 36.4 Å². The van der Waals surface area contributed by atoms with Gasteiger partial charge in [0.05, 0.1) is 17.6 Å². The van der Waals surface area contributed by atoms with E-state index in [0.29, 0.717) is 5.41 Å². The fraction of sp³-hybridized carbons (Fsp3) is 0.480. The average molecular weight is 392 g/mol. The van der Waals surface area contributed by atoms with Gasteiger partial charge in [-0.25, -0.2) is 4.98 Å². The van der Waals surface area contributed by atoms with Gasteiger partial charge in [-0.05, 0) is 81.3 Å². The molecule has 0 atom stereocenters. The molecule has 4 heteroatoms. The number of benzene rings is 2. The van der Waals surface area contributed by atoms with Crippen LogP contribution in [0.25, 0.3) is 11.0 Å². The number of likely N-dealkylation sites (tertiary alicyclic amines) is 1. The molecule has 0 aliphatic carbocycles. The van der Waals surface area contributed by atoms with E-state index in [9.17, 15) is 0 Å². The molecule has 0 spiro atoms. The Bertz CT molecular complexity index is 910. The maximum atomic E-state index is 5.94. The second-order valence-corrected chi connectivity index (χ2v) is 8.57. The highest BCUT2D eigenvalue weighted by atomic mass is 16.5. The Kier molecular flexibility index (Phi) is 6.31. The molecule has 0 amide bonds. The van der Waals surface area contributed by atoms with Gasteiger partial charge in [0, 0.05) is 13.2 Å². The summed E-state index contributed by atoms with van der Waals surface area (Å²) in [7, 11) is 0. The summed E-state index contributed by atoms with van der Waals surface area (Å²) in [6, 6.07) is 17.5. The van der Waals surface area contributed by atoms with Crippen molar-refractivity contribution in [2.24, 2.45) is 5.41 Å². The van der Waals surface area contributed by atoms with Crippen LogP contribution in [0.1, 0.15) is 43.1 Å². The van der Waals surface area contributed by atoms with E-state index >= 15 is 0 Å². The van der Waals surface area contributed by atoms with Crippen molar-refractivity contribution < 1.29 is 4.74 Å². The Labute approximate surface area is 174 Å². The Morgan fingerprint density at radius 1 is 1.07 bits per heavy atom. The zero-order valence-corrected chi connectivity index (χ0v) is 17.8. The van der Waals surface area contributed by atoms with E-state index in [0.717, 1.165) is 56.1 Å². The topological polar surface area (TPSA) is 41.1 Å². The molecule has 1 fully saturated rings. The van der Waals surface area contributed by atoms with Crippen LogP contribution < -0.4 is 0 Å². The van der Waals surface area contributed by atoms with Crippen LogP contribution in [0.5, 0.6) is 0 Å². The first-order valence-corrected chi connectivity index (χ1v) is 11.0. The molecule has 1 aliphatic heterocycles. The van der Waals surface area contributed by atoms with Gasteiger partial charge in [0.25, 0.3) is 0 Å². The number of imidazole rings is 1. The van der Waals surface area contributed by atoms with Crippen molar-refractivity contribution in [3.63, 3.8) is 0 Å². The third kappa shape index (κ3) is 5.06. The summed E-state index contributed by atoms with van der Waals surface area (Å²) in [5.74, 6) is 0.981. The molecule has 0 bridgehead atoms. The number of aromatic nitrogens is 2. The monoisotopic (exact) mass is 391 g/mol. The molecule has 1 N–H and O–H groups in total. The normalized spacial score (nSPS) is 17.0. The molecule has 1 saturated heterocycles. The Morgan fingerprint density at radius 2 is 1.86 bits per heavy atom. The second-order valence-electron chi connectivity index (χ2n) is 8.57. The first-order chi connectivity index (χ1) is 14.2. The van der Waals surface area contributed by atoms with E-state index in [1.807, 2.05) is 6.92 Å². The van der Waals surface area contributed by atoms with Crippen molar-refractivity contribution in [3.05, 3.63) is 65.5 Å². The lowest BCUT2D eigenvalue weighted by Crippen LogP contribution is -2.42. The molecule has 0 unspecified atom stereocenters. The summed E-state index contributed by atoms with van der Waals surface area (Å²) in [5, 5.41) is 0. The first kappa shape index (κ1) is 20.1. The third-order valence-electron chi connectivity index (χ3n) is 6.39. The van der Waals surface area contributed by atoms with Crippen molar-refractivity contribution in [3.8, 4) is 0 Å². The number of ether oxygens (including phenoxy) is 1. The Morgan fingerprint density at radius 3 is 2.62 bits per heavy atom. The van der Waals surface area contributed by atoms with E-state index < -0.39 is 0 Å². The maximum absolute atomic E-state index is 5.94. The number of nitrogens with one attached hydrogen (secondary N) is 1. The van der Waals surface area contributed by atoms with Crippen LogP contribution in [0, 0.1) is 12.3 Å². The highest BCUT2D eigenvalue weighted by Crippen LogP contribution is 2.37. The minimum atomic E-state index is 0.312. The third-order valence-corrected chi connectivity index (χ3v) is 6.39. The van der Waals surface area contributed by atoms with Crippen molar-refractivity contribution in [2.75, 3.05) is 26.3 Å². The number of rotatable bonds is 8. The molecule has 0 saturated carbocycles. The summed E-state index contributed by atoms with van der Waals surface area (Å²) in [5.41, 5.74) is 5.32. The lowest BCUT2D eigenvalue weighted by molar-refractivity contribution is -0.00231.